The Morgan fingerprint density at radius 1 is 1.29 bits per heavy atom. The first-order valence-electron chi connectivity index (χ1n) is 6.37. The Bertz CT molecular complexity index is 576. The Morgan fingerprint density at radius 3 is 2.38 bits per heavy atom. The van der Waals surface area contributed by atoms with Crippen LogP contribution in [0.1, 0.15) is 13.3 Å². The number of methoxy groups -OCH3 is 2. The van der Waals surface area contributed by atoms with Gasteiger partial charge in [-0.15, -0.1) is 0 Å². The zero-order valence-electron chi connectivity index (χ0n) is 12.2. The average molecular weight is 321 g/mol. The van der Waals surface area contributed by atoms with Gasteiger partial charge in [0.25, 0.3) is 0 Å². The van der Waals surface area contributed by atoms with Crippen molar-refractivity contribution in [3.8, 4) is 11.5 Å². The lowest BCUT2D eigenvalue weighted by atomic mass is 10.1. The number of nitrogens with one attached hydrogen (secondary N) is 1. The fourth-order valence-corrected chi connectivity index (χ4v) is 2.93. The molecule has 21 heavy (non-hydrogen) atoms. The summed E-state index contributed by atoms with van der Waals surface area (Å²) in [5.41, 5.74) is 0. The van der Waals surface area contributed by atoms with Crippen molar-refractivity contribution in [2.45, 2.75) is 18.2 Å². The third kappa shape index (κ3) is 4.55. The number of halogens is 1. The number of sulfonamides is 1. The Balaban J connectivity index is 3.02. The van der Waals surface area contributed by atoms with Gasteiger partial charge < -0.3 is 14.6 Å². The molecule has 0 saturated heterocycles. The van der Waals surface area contributed by atoms with Gasteiger partial charge in [-0.25, -0.2) is 17.5 Å². The van der Waals surface area contributed by atoms with E-state index >= 15 is 0 Å². The highest BCUT2D eigenvalue weighted by molar-refractivity contribution is 7.89. The van der Waals surface area contributed by atoms with Gasteiger partial charge in [0.2, 0.25) is 10.0 Å². The second-order valence-electron chi connectivity index (χ2n) is 4.61. The van der Waals surface area contributed by atoms with Gasteiger partial charge in [-0.3, -0.25) is 0 Å². The zero-order valence-corrected chi connectivity index (χ0v) is 13.0. The summed E-state index contributed by atoms with van der Waals surface area (Å²) < 4.78 is 50.4. The molecule has 0 saturated carbocycles. The van der Waals surface area contributed by atoms with Crippen LogP contribution < -0.4 is 14.2 Å². The lowest BCUT2D eigenvalue weighted by Crippen LogP contribution is -2.29. The Morgan fingerprint density at radius 2 is 1.86 bits per heavy atom. The lowest BCUT2D eigenvalue weighted by Gasteiger charge is -2.14. The van der Waals surface area contributed by atoms with Gasteiger partial charge in [0, 0.05) is 25.3 Å². The van der Waals surface area contributed by atoms with Crippen LogP contribution >= 0.6 is 0 Å². The third-order valence-corrected chi connectivity index (χ3v) is 4.41. The number of ether oxygens (including phenoxy) is 2. The van der Waals surface area contributed by atoms with Gasteiger partial charge in [0.1, 0.15) is 10.7 Å². The molecule has 2 N–H and O–H groups in total. The normalized spacial score (nSPS) is 13.0. The molecule has 1 aromatic rings. The number of hydrogen-bond acceptors (Lipinski definition) is 5. The minimum atomic E-state index is -4.00. The molecule has 120 valence electrons. The highest BCUT2D eigenvalue weighted by Crippen LogP contribution is 2.31. The molecule has 0 aromatic heterocycles. The predicted octanol–water partition coefficient (Wildman–Crippen LogP) is 1.14. The smallest absolute Gasteiger partial charge is 0.243 e. The summed E-state index contributed by atoms with van der Waals surface area (Å²) in [6.45, 7) is 1.86. The predicted molar refractivity (Wildman–Crippen MR) is 75.6 cm³/mol. The second kappa shape index (κ2) is 7.58. The van der Waals surface area contributed by atoms with Crippen molar-refractivity contribution in [3.63, 3.8) is 0 Å². The fraction of sp³-hybridized carbons (Fsp3) is 0.538. The van der Waals surface area contributed by atoms with Crippen molar-refractivity contribution in [1.29, 1.82) is 0 Å². The standard InChI is InChI=1S/C13H20FNO5S/c1-9(4-5-16)8-15-21(17,18)13-7-12(20-3)11(19-2)6-10(13)14/h6-7,9,15-16H,4-5,8H2,1-3H3. The molecule has 1 rings (SSSR count). The molecular weight excluding hydrogens is 301 g/mol. The monoisotopic (exact) mass is 321 g/mol. The van der Waals surface area contributed by atoms with Crippen molar-refractivity contribution in [2.24, 2.45) is 5.92 Å². The molecule has 0 aliphatic rings. The van der Waals surface area contributed by atoms with Crippen LogP contribution in [-0.4, -0.2) is 40.9 Å². The van der Waals surface area contributed by atoms with Gasteiger partial charge in [0.15, 0.2) is 11.5 Å². The molecule has 0 bridgehead atoms. The zero-order chi connectivity index (χ0) is 16.0. The van der Waals surface area contributed by atoms with E-state index in [4.69, 9.17) is 14.6 Å². The molecule has 1 atom stereocenters. The van der Waals surface area contributed by atoms with Crippen molar-refractivity contribution < 1.29 is 27.4 Å². The number of benzene rings is 1. The van der Waals surface area contributed by atoms with Crippen LogP contribution in [0.3, 0.4) is 0 Å². The Hall–Kier alpha value is -1.38. The van der Waals surface area contributed by atoms with Gasteiger partial charge in [-0.05, 0) is 12.3 Å². The number of aliphatic hydroxyl groups excluding tert-OH is 1. The van der Waals surface area contributed by atoms with E-state index < -0.39 is 20.7 Å². The summed E-state index contributed by atoms with van der Waals surface area (Å²) in [7, 11) is -1.33. The summed E-state index contributed by atoms with van der Waals surface area (Å²) >= 11 is 0. The molecule has 0 spiro atoms. The summed E-state index contributed by atoms with van der Waals surface area (Å²) in [5, 5.41) is 8.79. The molecule has 0 fully saturated rings. The highest BCUT2D eigenvalue weighted by Gasteiger charge is 2.23. The first-order chi connectivity index (χ1) is 9.85. The van der Waals surface area contributed by atoms with Crippen LogP contribution in [0.15, 0.2) is 17.0 Å². The number of rotatable bonds is 8. The van der Waals surface area contributed by atoms with E-state index in [1.165, 1.54) is 14.2 Å². The van der Waals surface area contributed by atoms with Crippen molar-refractivity contribution >= 4 is 10.0 Å². The van der Waals surface area contributed by atoms with Gasteiger partial charge in [0.05, 0.1) is 14.2 Å². The van der Waals surface area contributed by atoms with Crippen LogP contribution in [-0.2, 0) is 10.0 Å². The number of hydrogen-bond donors (Lipinski definition) is 2. The van der Waals surface area contributed by atoms with E-state index in [0.29, 0.717) is 6.42 Å². The molecule has 8 heteroatoms. The van der Waals surface area contributed by atoms with Crippen molar-refractivity contribution in [3.05, 3.63) is 17.9 Å². The van der Waals surface area contributed by atoms with Crippen LogP contribution in [0.4, 0.5) is 4.39 Å². The second-order valence-corrected chi connectivity index (χ2v) is 6.34. The maximum Gasteiger partial charge on any atom is 0.243 e. The van der Waals surface area contributed by atoms with E-state index in [-0.39, 0.29) is 30.6 Å². The minimum Gasteiger partial charge on any atom is -0.493 e. The minimum absolute atomic E-state index is 0.0341. The topological polar surface area (TPSA) is 84.9 Å². The van der Waals surface area contributed by atoms with Gasteiger partial charge in [-0.2, -0.15) is 0 Å². The molecule has 1 unspecified atom stereocenters. The first-order valence-corrected chi connectivity index (χ1v) is 7.86. The molecule has 0 amide bonds. The van der Waals surface area contributed by atoms with Crippen LogP contribution in [0, 0.1) is 11.7 Å². The van der Waals surface area contributed by atoms with Gasteiger partial charge in [-0.1, -0.05) is 6.92 Å². The molecule has 0 heterocycles. The van der Waals surface area contributed by atoms with Crippen LogP contribution in [0.2, 0.25) is 0 Å². The summed E-state index contributed by atoms with van der Waals surface area (Å²) in [6, 6.07) is 2.04. The van der Waals surface area contributed by atoms with E-state index in [1.807, 2.05) is 0 Å². The lowest BCUT2D eigenvalue weighted by molar-refractivity contribution is 0.263. The Labute approximate surface area is 123 Å². The molecule has 0 aliphatic carbocycles. The number of aliphatic hydroxyl groups is 1. The van der Waals surface area contributed by atoms with E-state index in [2.05, 4.69) is 4.72 Å². The maximum atomic E-state index is 13.9. The van der Waals surface area contributed by atoms with Crippen LogP contribution in [0.25, 0.3) is 0 Å². The summed E-state index contributed by atoms with van der Waals surface area (Å²) in [4.78, 5) is -0.503. The molecular formula is C13H20FNO5S. The quantitative estimate of drug-likeness (QED) is 0.750. The fourth-order valence-electron chi connectivity index (χ4n) is 1.69. The van der Waals surface area contributed by atoms with Gasteiger partial charge >= 0.3 is 0 Å². The molecule has 0 radical (unpaired) electrons. The average Bonchev–Trinajstić information content (AvgIpc) is 2.45. The SMILES string of the molecule is COc1cc(F)c(S(=O)(=O)NCC(C)CCO)cc1OC. The van der Waals surface area contributed by atoms with E-state index in [9.17, 15) is 12.8 Å². The first kappa shape index (κ1) is 17.7. The molecule has 6 nitrogen and oxygen atoms in total. The third-order valence-electron chi connectivity index (χ3n) is 2.97. The van der Waals surface area contributed by atoms with Crippen molar-refractivity contribution in [2.75, 3.05) is 27.4 Å². The van der Waals surface area contributed by atoms with Crippen LogP contribution in [0.5, 0.6) is 11.5 Å². The summed E-state index contributed by atoms with van der Waals surface area (Å²) in [6.07, 6.45) is 0.455. The van der Waals surface area contributed by atoms with Crippen molar-refractivity contribution in [1.82, 2.24) is 4.72 Å². The largest absolute Gasteiger partial charge is 0.493 e. The highest BCUT2D eigenvalue weighted by atomic mass is 32.2. The maximum absolute atomic E-state index is 13.9. The molecule has 0 aliphatic heterocycles. The molecule has 1 aromatic carbocycles. The summed E-state index contributed by atoms with van der Waals surface area (Å²) in [5.74, 6) is -0.742. The van der Waals surface area contributed by atoms with E-state index in [0.717, 1.165) is 12.1 Å². The Kier molecular flexibility index (Phi) is 6.38. The van der Waals surface area contributed by atoms with E-state index in [1.54, 1.807) is 6.92 Å².